The SMILES string of the molecule is C.COc1cc(C[C@@H](OC(=O)N2CCC(N3CCc4ccccc4NC3=O)CC2)C(=O)N2CCC(C3CCN(C)CC3)CC2)cc(C)c1O. The van der Waals surface area contributed by atoms with E-state index >= 15 is 0 Å². The van der Waals surface area contributed by atoms with Crippen LogP contribution >= 0.6 is 0 Å². The van der Waals surface area contributed by atoms with Gasteiger partial charge in [-0.25, -0.2) is 9.59 Å². The number of phenolic OH excluding ortho intramolecular Hbond substituents is 1. The largest absolute Gasteiger partial charge is 0.504 e. The number of phenols is 1. The highest BCUT2D eigenvalue weighted by Gasteiger charge is 2.37. The van der Waals surface area contributed by atoms with Gasteiger partial charge in [-0.05, 0) is 113 Å². The van der Waals surface area contributed by atoms with Crippen molar-refractivity contribution in [3.05, 3.63) is 53.1 Å². The van der Waals surface area contributed by atoms with E-state index in [1.54, 1.807) is 17.9 Å². The summed E-state index contributed by atoms with van der Waals surface area (Å²) in [4.78, 5) is 48.6. The Labute approximate surface area is 291 Å². The van der Waals surface area contributed by atoms with E-state index in [4.69, 9.17) is 9.47 Å². The molecule has 0 spiro atoms. The first-order valence-electron chi connectivity index (χ1n) is 17.6. The average Bonchev–Trinajstić information content (AvgIpc) is 3.27. The topological polar surface area (TPSA) is 115 Å². The number of aryl methyl sites for hydroxylation is 1. The number of methoxy groups -OCH3 is 1. The van der Waals surface area contributed by atoms with Gasteiger partial charge < -0.3 is 39.5 Å². The number of nitrogens with zero attached hydrogens (tertiary/aromatic N) is 4. The fraction of sp³-hybridized carbons (Fsp3) is 0.605. The van der Waals surface area contributed by atoms with Crippen LogP contribution in [0.25, 0.3) is 0 Å². The van der Waals surface area contributed by atoms with Crippen molar-refractivity contribution in [3.63, 3.8) is 0 Å². The number of hydrogen-bond acceptors (Lipinski definition) is 7. The summed E-state index contributed by atoms with van der Waals surface area (Å²) >= 11 is 0. The van der Waals surface area contributed by atoms with E-state index in [-0.39, 0.29) is 37.6 Å². The predicted molar refractivity (Wildman–Crippen MR) is 190 cm³/mol. The van der Waals surface area contributed by atoms with Crippen LogP contribution in [0, 0.1) is 18.8 Å². The lowest BCUT2D eigenvalue weighted by molar-refractivity contribution is -0.142. The Morgan fingerprint density at radius 2 is 1.55 bits per heavy atom. The number of para-hydroxylation sites is 1. The number of benzene rings is 2. The molecule has 2 N–H and O–H groups in total. The van der Waals surface area contributed by atoms with Crippen LogP contribution in [0.5, 0.6) is 11.5 Å². The highest BCUT2D eigenvalue weighted by atomic mass is 16.6. The molecule has 11 nitrogen and oxygen atoms in total. The van der Waals surface area contributed by atoms with Gasteiger partial charge in [0.25, 0.3) is 5.91 Å². The Kier molecular flexibility index (Phi) is 12.0. The number of likely N-dealkylation sites (tertiary alicyclic amines) is 3. The summed E-state index contributed by atoms with van der Waals surface area (Å²) < 4.78 is 11.4. The van der Waals surface area contributed by atoms with Gasteiger partial charge in [-0.15, -0.1) is 0 Å². The number of hydrogen-bond donors (Lipinski definition) is 2. The van der Waals surface area contributed by atoms with Crippen molar-refractivity contribution >= 4 is 23.7 Å². The number of carbonyl (C=O) groups excluding carboxylic acids is 3. The summed E-state index contributed by atoms with van der Waals surface area (Å²) in [7, 11) is 3.67. The number of amides is 4. The second kappa shape index (κ2) is 16.1. The Morgan fingerprint density at radius 3 is 2.22 bits per heavy atom. The summed E-state index contributed by atoms with van der Waals surface area (Å²) in [5.41, 5.74) is 3.36. The molecule has 11 heteroatoms. The van der Waals surface area contributed by atoms with Gasteiger partial charge in [0.2, 0.25) is 0 Å². The minimum Gasteiger partial charge on any atom is -0.504 e. The van der Waals surface area contributed by atoms with E-state index in [0.29, 0.717) is 68.7 Å². The summed E-state index contributed by atoms with van der Waals surface area (Å²) in [5, 5.41) is 13.4. The summed E-state index contributed by atoms with van der Waals surface area (Å²) in [6.07, 6.45) is 5.08. The number of fused-ring (bicyclic) bond motifs is 1. The van der Waals surface area contributed by atoms with E-state index < -0.39 is 12.2 Å². The van der Waals surface area contributed by atoms with Crippen molar-refractivity contribution in [1.29, 1.82) is 0 Å². The van der Waals surface area contributed by atoms with Gasteiger partial charge in [0.15, 0.2) is 17.6 Å². The van der Waals surface area contributed by atoms with Crippen LogP contribution in [0.15, 0.2) is 36.4 Å². The molecule has 1 atom stereocenters. The number of anilines is 1. The molecule has 0 unspecified atom stereocenters. The van der Waals surface area contributed by atoms with Crippen LogP contribution in [0.3, 0.4) is 0 Å². The molecule has 0 radical (unpaired) electrons. The number of piperidine rings is 3. The van der Waals surface area contributed by atoms with Gasteiger partial charge in [0.05, 0.1) is 7.11 Å². The molecule has 4 aliphatic heterocycles. The zero-order chi connectivity index (χ0) is 33.8. The van der Waals surface area contributed by atoms with Gasteiger partial charge >= 0.3 is 12.1 Å². The van der Waals surface area contributed by atoms with Crippen LogP contribution in [0.4, 0.5) is 15.3 Å². The number of ether oxygens (including phenoxy) is 2. The standard InChI is InChI=1S/C37H51N5O6.CH4/c1-25-22-26(23-32(47-3)34(25)43)24-33(35(44)40-17-10-28(11-18-40)27-8-15-39(2)16-9-27)48-37(46)41-19-13-30(14-20-41)42-21-12-29-6-4-5-7-31(29)38-36(42)45;/h4-7,22-23,27-28,30,33,43H,8-21,24H2,1-3H3,(H,38,45);1H4/t33-;/m1./s1. The Bertz CT molecular complexity index is 1460. The fourth-order valence-corrected chi connectivity index (χ4v) is 8.08. The number of aromatic hydroxyl groups is 1. The minimum absolute atomic E-state index is 0. The van der Waals surface area contributed by atoms with Crippen LogP contribution < -0.4 is 10.1 Å². The number of nitrogens with one attached hydrogen (secondary N) is 1. The van der Waals surface area contributed by atoms with Crippen LogP contribution in [0.1, 0.15) is 62.6 Å². The van der Waals surface area contributed by atoms with Crippen LogP contribution in [-0.4, -0.2) is 115 Å². The Morgan fingerprint density at radius 1 is 0.918 bits per heavy atom. The zero-order valence-electron chi connectivity index (χ0n) is 28.7. The summed E-state index contributed by atoms with van der Waals surface area (Å²) in [6.45, 7) is 6.88. The second-order valence-corrected chi connectivity index (χ2v) is 14.1. The lowest BCUT2D eigenvalue weighted by Crippen LogP contribution is -2.52. The molecule has 2 aromatic rings. The molecular weight excluding hydrogens is 622 g/mol. The predicted octanol–water partition coefficient (Wildman–Crippen LogP) is 5.53. The first kappa shape index (κ1) is 36.3. The summed E-state index contributed by atoms with van der Waals surface area (Å²) in [5.74, 6) is 1.53. The molecule has 0 saturated carbocycles. The molecule has 6 rings (SSSR count). The van der Waals surface area contributed by atoms with Gasteiger partial charge in [0, 0.05) is 50.9 Å². The van der Waals surface area contributed by atoms with E-state index in [0.717, 1.165) is 49.2 Å². The average molecular weight is 678 g/mol. The highest BCUT2D eigenvalue weighted by molar-refractivity contribution is 5.91. The molecule has 0 bridgehead atoms. The molecule has 0 aliphatic carbocycles. The van der Waals surface area contributed by atoms with E-state index in [1.807, 2.05) is 40.1 Å². The third-order valence-corrected chi connectivity index (χ3v) is 11.1. The molecule has 49 heavy (non-hydrogen) atoms. The maximum Gasteiger partial charge on any atom is 0.410 e. The van der Waals surface area contributed by atoms with Crippen molar-refractivity contribution in [2.24, 2.45) is 11.8 Å². The van der Waals surface area contributed by atoms with E-state index in [2.05, 4.69) is 17.3 Å². The number of carbonyl (C=O) groups is 3. The number of urea groups is 1. The Hall–Kier alpha value is -3.99. The first-order chi connectivity index (χ1) is 23.2. The Balaban J connectivity index is 0.00000468. The maximum atomic E-state index is 14.1. The molecule has 4 amide bonds. The van der Waals surface area contributed by atoms with Crippen LogP contribution in [0.2, 0.25) is 0 Å². The van der Waals surface area contributed by atoms with Gasteiger partial charge in [-0.2, -0.15) is 0 Å². The van der Waals surface area contributed by atoms with Gasteiger partial charge in [-0.3, -0.25) is 4.79 Å². The molecule has 4 heterocycles. The van der Waals surface area contributed by atoms with E-state index in [1.165, 1.54) is 20.0 Å². The lowest BCUT2D eigenvalue weighted by atomic mass is 9.79. The third-order valence-electron chi connectivity index (χ3n) is 11.1. The normalized spacial score (nSPS) is 20.5. The molecule has 0 aromatic heterocycles. The van der Waals surface area contributed by atoms with Crippen molar-refractivity contribution in [3.8, 4) is 11.5 Å². The number of rotatable bonds is 7. The molecule has 3 fully saturated rings. The van der Waals surface area contributed by atoms with Crippen molar-refractivity contribution in [1.82, 2.24) is 19.6 Å². The maximum absolute atomic E-state index is 14.1. The van der Waals surface area contributed by atoms with Crippen LogP contribution in [-0.2, 0) is 22.4 Å². The highest BCUT2D eigenvalue weighted by Crippen LogP contribution is 2.34. The van der Waals surface area contributed by atoms with Crippen molar-refractivity contribution < 1.29 is 29.0 Å². The fourth-order valence-electron chi connectivity index (χ4n) is 8.08. The molecular formula is C38H55N5O6. The molecule has 2 aromatic carbocycles. The molecule has 3 saturated heterocycles. The zero-order valence-corrected chi connectivity index (χ0v) is 28.7. The first-order valence-corrected chi connectivity index (χ1v) is 17.6. The van der Waals surface area contributed by atoms with Crippen molar-refractivity contribution in [2.45, 2.75) is 77.9 Å². The molecule has 268 valence electrons. The van der Waals surface area contributed by atoms with Crippen molar-refractivity contribution in [2.75, 3.05) is 65.3 Å². The quantitative estimate of drug-likeness (QED) is 0.396. The third kappa shape index (κ3) is 8.43. The van der Waals surface area contributed by atoms with Gasteiger partial charge in [-0.1, -0.05) is 31.7 Å². The van der Waals surface area contributed by atoms with Gasteiger partial charge in [0.1, 0.15) is 0 Å². The smallest absolute Gasteiger partial charge is 0.410 e. The molecule has 4 aliphatic rings. The second-order valence-electron chi connectivity index (χ2n) is 14.1. The minimum atomic E-state index is -1.00. The lowest BCUT2D eigenvalue weighted by Gasteiger charge is -2.40. The summed E-state index contributed by atoms with van der Waals surface area (Å²) in [6, 6.07) is 11.3. The van der Waals surface area contributed by atoms with E-state index in [9.17, 15) is 19.5 Å². The monoisotopic (exact) mass is 677 g/mol.